The van der Waals surface area contributed by atoms with Gasteiger partial charge in [-0.3, -0.25) is 4.79 Å². The Kier molecular flexibility index (Phi) is 5.56. The number of hydrogen-bond acceptors (Lipinski definition) is 2. The number of nitrogens with one attached hydrogen (secondary N) is 2. The maximum atomic E-state index is 14.4. The van der Waals surface area contributed by atoms with Crippen LogP contribution in [-0.4, -0.2) is 42.5 Å². The molecule has 1 fully saturated rings. The Bertz CT molecular complexity index is 1070. The molecule has 0 atom stereocenters. The van der Waals surface area contributed by atoms with Crippen LogP contribution in [0.2, 0.25) is 0 Å². The maximum Gasteiger partial charge on any atom is 0.221 e. The van der Waals surface area contributed by atoms with E-state index >= 15 is 0 Å². The lowest BCUT2D eigenvalue weighted by Gasteiger charge is -2.36. The molecule has 4 nitrogen and oxygen atoms in total. The Morgan fingerprint density at radius 1 is 1.10 bits per heavy atom. The van der Waals surface area contributed by atoms with Crippen LogP contribution in [0.15, 0.2) is 36.4 Å². The number of carbonyl (C=O) groups excluding carboxylic acids is 1. The number of H-pyrrole nitrogens is 1. The molecule has 158 valence electrons. The first kappa shape index (κ1) is 20.5. The Balaban J connectivity index is 1.61. The molecule has 0 radical (unpaired) electrons. The van der Waals surface area contributed by atoms with Crippen LogP contribution in [0.1, 0.15) is 30.7 Å². The Labute approximate surface area is 173 Å². The smallest absolute Gasteiger partial charge is 0.221 e. The third-order valence-corrected chi connectivity index (χ3v) is 5.69. The van der Waals surface area contributed by atoms with E-state index in [0.29, 0.717) is 42.5 Å². The van der Waals surface area contributed by atoms with Crippen LogP contribution < -0.4 is 5.32 Å². The van der Waals surface area contributed by atoms with Crippen molar-refractivity contribution < 1.29 is 18.0 Å². The first-order chi connectivity index (χ1) is 14.3. The standard InChI is InChI=1S/C23H24F3N3O/c1-29(2)8-7-20(30)27-17-9-14(10-17)21-18-11-16(25)12-19(26)23(18)28-22(21)13-3-5-15(24)6-4-13/h3-6,11-12,14,17,28H,7-10H2,1-2H3,(H,27,30). The fourth-order valence-electron chi connectivity index (χ4n) is 4.10. The first-order valence-electron chi connectivity index (χ1n) is 10.0. The minimum Gasteiger partial charge on any atom is -0.353 e. The fraction of sp³-hybridized carbons (Fsp3) is 0.348. The van der Waals surface area contributed by atoms with Gasteiger partial charge in [-0.1, -0.05) is 0 Å². The highest BCUT2D eigenvalue weighted by Gasteiger charge is 2.35. The van der Waals surface area contributed by atoms with Crippen molar-refractivity contribution in [2.24, 2.45) is 0 Å². The molecule has 0 unspecified atom stereocenters. The van der Waals surface area contributed by atoms with E-state index in [-0.39, 0.29) is 29.2 Å². The highest BCUT2D eigenvalue weighted by Crippen LogP contribution is 2.45. The second-order valence-corrected chi connectivity index (χ2v) is 8.22. The summed E-state index contributed by atoms with van der Waals surface area (Å²) in [5, 5.41) is 3.52. The zero-order chi connectivity index (χ0) is 21.4. The zero-order valence-electron chi connectivity index (χ0n) is 16.9. The number of benzene rings is 2. The van der Waals surface area contributed by atoms with E-state index in [1.165, 1.54) is 18.2 Å². The Morgan fingerprint density at radius 2 is 1.80 bits per heavy atom. The van der Waals surface area contributed by atoms with Gasteiger partial charge in [-0.2, -0.15) is 0 Å². The van der Waals surface area contributed by atoms with Gasteiger partial charge < -0.3 is 15.2 Å². The molecule has 1 aliphatic rings. The molecule has 1 aliphatic carbocycles. The van der Waals surface area contributed by atoms with Gasteiger partial charge in [-0.15, -0.1) is 0 Å². The molecule has 3 aromatic rings. The van der Waals surface area contributed by atoms with E-state index in [4.69, 9.17) is 0 Å². The summed E-state index contributed by atoms with van der Waals surface area (Å²) in [7, 11) is 3.83. The summed E-state index contributed by atoms with van der Waals surface area (Å²) in [6.45, 7) is 0.678. The molecule has 4 rings (SSSR count). The fourth-order valence-corrected chi connectivity index (χ4v) is 4.10. The van der Waals surface area contributed by atoms with Crippen LogP contribution in [0.3, 0.4) is 0 Å². The third kappa shape index (κ3) is 4.07. The zero-order valence-corrected chi connectivity index (χ0v) is 16.9. The van der Waals surface area contributed by atoms with Crippen LogP contribution in [0.25, 0.3) is 22.2 Å². The summed E-state index contributed by atoms with van der Waals surface area (Å²) >= 11 is 0. The monoisotopic (exact) mass is 415 g/mol. The van der Waals surface area contributed by atoms with Crippen molar-refractivity contribution in [1.29, 1.82) is 0 Å². The molecule has 1 amide bonds. The van der Waals surface area contributed by atoms with Crippen molar-refractivity contribution in [3.63, 3.8) is 0 Å². The molecule has 2 N–H and O–H groups in total. The van der Waals surface area contributed by atoms with E-state index in [2.05, 4.69) is 10.3 Å². The van der Waals surface area contributed by atoms with Gasteiger partial charge in [0.25, 0.3) is 0 Å². The van der Waals surface area contributed by atoms with Gasteiger partial charge in [0.2, 0.25) is 5.91 Å². The first-order valence-corrected chi connectivity index (χ1v) is 10.0. The molecule has 1 saturated carbocycles. The van der Waals surface area contributed by atoms with Crippen LogP contribution in [0, 0.1) is 17.5 Å². The van der Waals surface area contributed by atoms with Crippen LogP contribution in [-0.2, 0) is 4.79 Å². The van der Waals surface area contributed by atoms with E-state index in [1.54, 1.807) is 12.1 Å². The number of carbonyl (C=O) groups is 1. The topological polar surface area (TPSA) is 48.1 Å². The van der Waals surface area contributed by atoms with Crippen molar-refractivity contribution >= 4 is 16.8 Å². The van der Waals surface area contributed by atoms with Gasteiger partial charge in [0, 0.05) is 30.5 Å². The molecule has 0 saturated heterocycles. The van der Waals surface area contributed by atoms with E-state index in [1.807, 2.05) is 19.0 Å². The number of fused-ring (bicyclic) bond motifs is 1. The highest BCUT2D eigenvalue weighted by molar-refractivity contribution is 5.92. The maximum absolute atomic E-state index is 14.4. The molecular weight excluding hydrogens is 391 g/mol. The lowest BCUT2D eigenvalue weighted by molar-refractivity contribution is -0.122. The number of nitrogens with zero attached hydrogens (tertiary/aromatic N) is 1. The largest absolute Gasteiger partial charge is 0.353 e. The Hall–Kier alpha value is -2.80. The third-order valence-electron chi connectivity index (χ3n) is 5.69. The molecule has 1 heterocycles. The predicted octanol–water partition coefficient (Wildman–Crippen LogP) is 4.57. The van der Waals surface area contributed by atoms with Crippen LogP contribution >= 0.6 is 0 Å². The molecule has 0 aliphatic heterocycles. The second-order valence-electron chi connectivity index (χ2n) is 8.22. The second kappa shape index (κ2) is 8.14. The minimum atomic E-state index is -0.660. The lowest BCUT2D eigenvalue weighted by atomic mass is 9.74. The molecule has 7 heteroatoms. The minimum absolute atomic E-state index is 0.00178. The number of amides is 1. The van der Waals surface area contributed by atoms with Crippen molar-refractivity contribution in [1.82, 2.24) is 15.2 Å². The summed E-state index contributed by atoms with van der Waals surface area (Å²) in [4.78, 5) is 17.1. The van der Waals surface area contributed by atoms with E-state index in [0.717, 1.165) is 11.6 Å². The molecule has 2 aromatic carbocycles. The number of aromatic amines is 1. The molecular formula is C23H24F3N3O. The van der Waals surface area contributed by atoms with Crippen molar-refractivity contribution in [3.05, 3.63) is 59.4 Å². The van der Waals surface area contributed by atoms with Crippen LogP contribution in [0.4, 0.5) is 13.2 Å². The lowest BCUT2D eigenvalue weighted by Crippen LogP contribution is -2.44. The van der Waals surface area contributed by atoms with E-state index in [9.17, 15) is 18.0 Å². The quantitative estimate of drug-likeness (QED) is 0.620. The average Bonchev–Trinajstić information content (AvgIpc) is 3.02. The number of rotatable bonds is 6. The average molecular weight is 415 g/mol. The molecule has 0 spiro atoms. The summed E-state index contributed by atoms with van der Waals surface area (Å²) in [5.41, 5.74) is 2.43. The normalized spacial score (nSPS) is 18.6. The van der Waals surface area contributed by atoms with Gasteiger partial charge in [-0.25, -0.2) is 13.2 Å². The van der Waals surface area contributed by atoms with Gasteiger partial charge in [0.15, 0.2) is 0 Å². The SMILES string of the molecule is CN(C)CCC(=O)NC1CC(c2c(-c3ccc(F)cc3)[nH]c3c(F)cc(F)cc23)C1. The number of aromatic nitrogens is 1. The summed E-state index contributed by atoms with van der Waals surface area (Å²) in [6.07, 6.45) is 1.80. The van der Waals surface area contributed by atoms with Gasteiger partial charge in [0.05, 0.1) is 11.2 Å². The van der Waals surface area contributed by atoms with Crippen molar-refractivity contribution in [3.8, 4) is 11.3 Å². The predicted molar refractivity (Wildman–Crippen MR) is 111 cm³/mol. The van der Waals surface area contributed by atoms with Gasteiger partial charge in [0.1, 0.15) is 17.5 Å². The summed E-state index contributed by atoms with van der Waals surface area (Å²) in [5.74, 6) is -1.62. The number of hydrogen-bond donors (Lipinski definition) is 2. The number of halogens is 3. The van der Waals surface area contributed by atoms with Gasteiger partial charge in [-0.05, 0) is 74.3 Å². The van der Waals surface area contributed by atoms with E-state index < -0.39 is 11.6 Å². The molecule has 30 heavy (non-hydrogen) atoms. The molecule has 0 bridgehead atoms. The summed E-state index contributed by atoms with van der Waals surface area (Å²) in [6, 6.07) is 8.15. The highest BCUT2D eigenvalue weighted by atomic mass is 19.1. The van der Waals surface area contributed by atoms with Crippen molar-refractivity contribution in [2.75, 3.05) is 20.6 Å². The summed E-state index contributed by atoms with van der Waals surface area (Å²) < 4.78 is 41.8. The van der Waals surface area contributed by atoms with Crippen molar-refractivity contribution in [2.45, 2.75) is 31.2 Å². The Morgan fingerprint density at radius 3 is 2.47 bits per heavy atom. The molecule has 1 aromatic heterocycles. The van der Waals surface area contributed by atoms with Crippen LogP contribution in [0.5, 0.6) is 0 Å². The van der Waals surface area contributed by atoms with Gasteiger partial charge >= 0.3 is 0 Å².